The lowest BCUT2D eigenvalue weighted by Gasteiger charge is -2.22. The third kappa shape index (κ3) is 7.42. The van der Waals surface area contributed by atoms with Crippen LogP contribution in [0.4, 0.5) is 18.8 Å². The highest BCUT2D eigenvalue weighted by atomic mass is 19.1. The van der Waals surface area contributed by atoms with Crippen molar-refractivity contribution in [3.8, 4) is 5.75 Å². The fourth-order valence-electron chi connectivity index (χ4n) is 4.25. The molecule has 1 aliphatic heterocycles. The number of nitrogens with zero attached hydrogens (tertiary/aromatic N) is 1. The molecule has 0 saturated heterocycles. The average molecular weight is 564 g/mol. The minimum absolute atomic E-state index is 0.00205. The van der Waals surface area contributed by atoms with Crippen molar-refractivity contribution in [3.05, 3.63) is 28.7 Å². The zero-order valence-corrected chi connectivity index (χ0v) is 24.5. The average Bonchev–Trinajstić information content (AvgIpc) is 3.33. The Morgan fingerprint density at radius 1 is 0.925 bits per heavy atom. The molecule has 2 aromatic rings. The molecule has 2 N–H and O–H groups in total. The van der Waals surface area contributed by atoms with Gasteiger partial charge in [0, 0.05) is 30.0 Å². The lowest BCUT2D eigenvalue weighted by atomic mass is 10.00. The van der Waals surface area contributed by atoms with E-state index in [2.05, 4.69) is 10.6 Å². The van der Waals surface area contributed by atoms with Crippen molar-refractivity contribution in [2.75, 3.05) is 13.2 Å². The molecule has 0 saturated carbocycles. The molecule has 1 aliphatic rings. The van der Waals surface area contributed by atoms with Gasteiger partial charge < -0.3 is 24.3 Å². The van der Waals surface area contributed by atoms with Gasteiger partial charge in [0.1, 0.15) is 22.5 Å². The van der Waals surface area contributed by atoms with E-state index in [9.17, 15) is 19.2 Å². The second-order valence-corrected chi connectivity index (χ2v) is 12.4. The number of nitrogens with one attached hydrogen (secondary N) is 2. The standard InChI is InChI=1S/C28H38FN3O8/c1-26(2,3)38-23(34)30-12-10-15-19-16-11-13-37-21(16)17(29)14-18(19)32(25(36)40-28(7,8)9)20(15)22(33)31-24(35)39-27(4,5)6/h14H,10-13H2,1-9H3,(H,30,34)(H,31,33,35). The zero-order valence-electron chi connectivity index (χ0n) is 24.5. The van der Waals surface area contributed by atoms with Crippen LogP contribution in [0.2, 0.25) is 0 Å². The molecule has 2 heterocycles. The molecule has 0 spiro atoms. The number of carbonyl (C=O) groups excluding carboxylic acids is 4. The number of rotatable bonds is 4. The van der Waals surface area contributed by atoms with Crippen molar-refractivity contribution < 1.29 is 42.5 Å². The van der Waals surface area contributed by atoms with E-state index in [0.717, 1.165) is 10.6 Å². The molecular weight excluding hydrogens is 525 g/mol. The highest BCUT2D eigenvalue weighted by molar-refractivity contribution is 6.11. The Kier molecular flexibility index (Phi) is 8.43. The molecule has 0 aliphatic carbocycles. The number of ether oxygens (including phenoxy) is 4. The largest absolute Gasteiger partial charge is 0.490 e. The second kappa shape index (κ2) is 11.0. The quantitative estimate of drug-likeness (QED) is 0.483. The molecule has 220 valence electrons. The number of amides is 3. The predicted molar refractivity (Wildman–Crippen MR) is 144 cm³/mol. The van der Waals surface area contributed by atoms with Crippen molar-refractivity contribution in [1.82, 2.24) is 15.2 Å². The fourth-order valence-corrected chi connectivity index (χ4v) is 4.25. The van der Waals surface area contributed by atoms with Gasteiger partial charge in [0.25, 0.3) is 5.91 Å². The first-order valence-corrected chi connectivity index (χ1v) is 13.0. The highest BCUT2D eigenvalue weighted by Gasteiger charge is 2.34. The van der Waals surface area contributed by atoms with Crippen molar-refractivity contribution in [2.24, 2.45) is 0 Å². The van der Waals surface area contributed by atoms with E-state index in [1.54, 1.807) is 62.3 Å². The summed E-state index contributed by atoms with van der Waals surface area (Å²) >= 11 is 0. The first kappa shape index (κ1) is 30.7. The Hall–Kier alpha value is -3.83. The summed E-state index contributed by atoms with van der Waals surface area (Å²) in [6.07, 6.45) is -2.31. The number of benzene rings is 1. The lowest BCUT2D eigenvalue weighted by molar-refractivity contribution is 0.0480. The van der Waals surface area contributed by atoms with Gasteiger partial charge in [-0.15, -0.1) is 0 Å². The maximum Gasteiger partial charge on any atom is 0.419 e. The van der Waals surface area contributed by atoms with Gasteiger partial charge in [0.05, 0.1) is 12.1 Å². The molecule has 11 nitrogen and oxygen atoms in total. The van der Waals surface area contributed by atoms with Crippen molar-refractivity contribution >= 4 is 35.1 Å². The Morgan fingerprint density at radius 2 is 1.50 bits per heavy atom. The monoisotopic (exact) mass is 563 g/mol. The van der Waals surface area contributed by atoms with E-state index in [-0.39, 0.29) is 36.5 Å². The SMILES string of the molecule is CC(C)(C)OC(=O)NCCc1c(C(=O)NC(=O)OC(C)(C)C)n(C(=O)OC(C)(C)C)c2cc(F)c3c(c12)CCO3. The van der Waals surface area contributed by atoms with Crippen LogP contribution in [0.15, 0.2) is 6.07 Å². The highest BCUT2D eigenvalue weighted by Crippen LogP contribution is 2.40. The number of hydrogen-bond donors (Lipinski definition) is 2. The van der Waals surface area contributed by atoms with Gasteiger partial charge in [-0.25, -0.2) is 23.3 Å². The molecule has 0 bridgehead atoms. The van der Waals surface area contributed by atoms with Crippen LogP contribution in [0, 0.1) is 5.82 Å². The van der Waals surface area contributed by atoms with Crippen LogP contribution < -0.4 is 15.4 Å². The van der Waals surface area contributed by atoms with Crippen molar-refractivity contribution in [1.29, 1.82) is 0 Å². The third-order valence-corrected chi connectivity index (χ3v) is 5.41. The summed E-state index contributed by atoms with van der Waals surface area (Å²) < 4.78 is 37.6. The van der Waals surface area contributed by atoms with Gasteiger partial charge >= 0.3 is 18.3 Å². The first-order valence-electron chi connectivity index (χ1n) is 13.0. The summed E-state index contributed by atoms with van der Waals surface area (Å²) in [4.78, 5) is 51.9. The van der Waals surface area contributed by atoms with E-state index < -0.39 is 46.8 Å². The van der Waals surface area contributed by atoms with Gasteiger partial charge in [0.2, 0.25) is 0 Å². The van der Waals surface area contributed by atoms with Crippen LogP contribution in [0.5, 0.6) is 5.75 Å². The fraction of sp³-hybridized carbons (Fsp3) is 0.571. The van der Waals surface area contributed by atoms with Crippen LogP contribution in [0.3, 0.4) is 0 Å². The zero-order chi connectivity index (χ0) is 30.2. The maximum atomic E-state index is 15.1. The minimum atomic E-state index is -1.03. The summed E-state index contributed by atoms with van der Waals surface area (Å²) in [5.41, 5.74) is -2.01. The number of imide groups is 1. The van der Waals surface area contributed by atoms with E-state index in [1.165, 1.54) is 0 Å². The van der Waals surface area contributed by atoms with E-state index >= 15 is 4.39 Å². The molecule has 0 radical (unpaired) electrons. The van der Waals surface area contributed by atoms with Crippen LogP contribution in [0.1, 0.15) is 83.9 Å². The van der Waals surface area contributed by atoms with Crippen LogP contribution in [-0.4, -0.2) is 58.7 Å². The first-order chi connectivity index (χ1) is 18.3. The number of aromatic nitrogens is 1. The Balaban J connectivity index is 2.18. The summed E-state index contributed by atoms with van der Waals surface area (Å²) in [6.45, 7) is 15.2. The molecule has 3 rings (SSSR count). The maximum absolute atomic E-state index is 15.1. The number of fused-ring (bicyclic) bond motifs is 3. The Morgan fingerprint density at radius 3 is 2.08 bits per heavy atom. The number of alkyl carbamates (subject to hydrolysis) is 2. The molecule has 0 atom stereocenters. The lowest BCUT2D eigenvalue weighted by Crippen LogP contribution is -2.39. The Labute approximate surface area is 232 Å². The van der Waals surface area contributed by atoms with Crippen LogP contribution >= 0.6 is 0 Å². The molecule has 40 heavy (non-hydrogen) atoms. The smallest absolute Gasteiger partial charge is 0.419 e. The Bertz CT molecular complexity index is 1340. The molecule has 1 aromatic carbocycles. The number of hydrogen-bond acceptors (Lipinski definition) is 8. The number of carbonyl (C=O) groups is 4. The predicted octanol–water partition coefficient (Wildman–Crippen LogP) is 5.23. The molecular formula is C28H38FN3O8. The van der Waals surface area contributed by atoms with Gasteiger partial charge in [-0.2, -0.15) is 0 Å². The molecule has 1 aromatic heterocycles. The molecule has 0 unspecified atom stereocenters. The second-order valence-electron chi connectivity index (χ2n) is 12.4. The molecule has 3 amide bonds. The summed E-state index contributed by atoms with van der Waals surface area (Å²) in [7, 11) is 0. The van der Waals surface area contributed by atoms with Crippen LogP contribution in [0.25, 0.3) is 10.9 Å². The normalized spacial score (nSPS) is 13.3. The molecule has 12 heteroatoms. The third-order valence-electron chi connectivity index (χ3n) is 5.41. The molecule has 0 fully saturated rings. The van der Waals surface area contributed by atoms with Gasteiger partial charge in [-0.3, -0.25) is 10.1 Å². The summed E-state index contributed by atoms with van der Waals surface area (Å²) in [5.74, 6) is -1.65. The van der Waals surface area contributed by atoms with Gasteiger partial charge in [0.15, 0.2) is 11.6 Å². The topological polar surface area (TPSA) is 134 Å². The van der Waals surface area contributed by atoms with Crippen molar-refractivity contribution in [2.45, 2.75) is 92.0 Å². The van der Waals surface area contributed by atoms with Gasteiger partial charge in [-0.1, -0.05) is 0 Å². The minimum Gasteiger partial charge on any atom is -0.490 e. The number of halogens is 1. The van der Waals surface area contributed by atoms with Crippen LogP contribution in [-0.2, 0) is 27.1 Å². The van der Waals surface area contributed by atoms with Gasteiger partial charge in [-0.05, 0) is 74.3 Å². The summed E-state index contributed by atoms with van der Waals surface area (Å²) in [6, 6.07) is 1.10. The van der Waals surface area contributed by atoms with Crippen molar-refractivity contribution in [3.63, 3.8) is 0 Å². The van der Waals surface area contributed by atoms with E-state index in [4.69, 9.17) is 18.9 Å². The van der Waals surface area contributed by atoms with E-state index in [1.807, 2.05) is 0 Å². The van der Waals surface area contributed by atoms with E-state index in [0.29, 0.717) is 22.9 Å². The summed E-state index contributed by atoms with van der Waals surface area (Å²) in [5, 5.41) is 5.19.